The fourth-order valence-electron chi connectivity index (χ4n) is 3.10. The predicted molar refractivity (Wildman–Crippen MR) is 81.8 cm³/mol. The smallest absolute Gasteiger partial charge is 0.0795 e. The van der Waals surface area contributed by atoms with Gasteiger partial charge in [-0.05, 0) is 50.1 Å². The number of aromatic nitrogens is 1. The first-order valence-corrected chi connectivity index (χ1v) is 7.35. The molecule has 0 aliphatic carbocycles. The van der Waals surface area contributed by atoms with Crippen LogP contribution in [0.4, 0.5) is 0 Å². The molecule has 3 nitrogen and oxygen atoms in total. The summed E-state index contributed by atoms with van der Waals surface area (Å²) >= 11 is 0. The topological polar surface area (TPSA) is 34.2 Å². The summed E-state index contributed by atoms with van der Waals surface area (Å²) < 4.78 is 5.93. The Labute approximate surface area is 120 Å². The molecule has 3 rings (SSSR count). The summed E-state index contributed by atoms with van der Waals surface area (Å²) in [6.45, 7) is 5.17. The number of hydrogen-bond donors (Lipinski definition) is 1. The molecule has 1 saturated heterocycles. The van der Waals surface area contributed by atoms with E-state index in [9.17, 15) is 0 Å². The first-order valence-electron chi connectivity index (χ1n) is 7.35. The lowest BCUT2D eigenvalue weighted by Gasteiger charge is -2.26. The zero-order chi connectivity index (χ0) is 14.1. The van der Waals surface area contributed by atoms with Crippen molar-refractivity contribution in [3.8, 4) is 0 Å². The molecule has 2 aromatic rings. The maximum atomic E-state index is 5.93. The summed E-state index contributed by atoms with van der Waals surface area (Å²) in [5.41, 5.74) is 3.40. The maximum absolute atomic E-state index is 5.93. The van der Waals surface area contributed by atoms with E-state index in [1.165, 1.54) is 10.9 Å². The van der Waals surface area contributed by atoms with E-state index in [-0.39, 0.29) is 12.1 Å². The molecular formula is C17H22N2O. The Kier molecular flexibility index (Phi) is 3.72. The normalized spacial score (nSPS) is 24.1. The van der Waals surface area contributed by atoms with E-state index in [2.05, 4.69) is 47.6 Å². The number of rotatable bonds is 3. The second kappa shape index (κ2) is 5.51. The number of hydrogen-bond acceptors (Lipinski definition) is 3. The van der Waals surface area contributed by atoms with E-state index in [0.717, 1.165) is 24.2 Å². The molecule has 0 amide bonds. The molecular weight excluding hydrogens is 248 g/mol. The molecule has 3 unspecified atom stereocenters. The van der Waals surface area contributed by atoms with E-state index in [1.807, 2.05) is 14.0 Å². The van der Waals surface area contributed by atoms with Gasteiger partial charge in [0.25, 0.3) is 0 Å². The summed E-state index contributed by atoms with van der Waals surface area (Å²) in [6.07, 6.45) is 1.41. The van der Waals surface area contributed by atoms with E-state index < -0.39 is 0 Å². The van der Waals surface area contributed by atoms with Crippen LogP contribution in [-0.4, -0.2) is 24.7 Å². The third-order valence-corrected chi connectivity index (χ3v) is 4.30. The molecule has 1 fully saturated rings. The summed E-state index contributed by atoms with van der Waals surface area (Å²) in [7, 11) is 2.01. The van der Waals surface area contributed by atoms with Crippen molar-refractivity contribution in [2.45, 2.75) is 32.4 Å². The van der Waals surface area contributed by atoms with Crippen LogP contribution in [0.15, 0.2) is 30.3 Å². The number of nitrogens with zero attached hydrogens (tertiary/aromatic N) is 1. The number of pyridine rings is 1. The first-order chi connectivity index (χ1) is 9.69. The summed E-state index contributed by atoms with van der Waals surface area (Å²) in [5, 5.41) is 4.61. The highest BCUT2D eigenvalue weighted by atomic mass is 16.5. The van der Waals surface area contributed by atoms with E-state index in [0.29, 0.717) is 5.92 Å². The van der Waals surface area contributed by atoms with Crippen molar-refractivity contribution in [1.29, 1.82) is 0 Å². The predicted octanol–water partition coefficient (Wildman–Crippen LogP) is 3.23. The molecule has 1 aliphatic rings. The van der Waals surface area contributed by atoms with Crippen LogP contribution in [0, 0.1) is 12.8 Å². The summed E-state index contributed by atoms with van der Waals surface area (Å²) in [6, 6.07) is 11.0. The van der Waals surface area contributed by atoms with Crippen LogP contribution in [0.25, 0.3) is 10.9 Å². The number of nitrogens with one attached hydrogen (secondary N) is 1. The minimum Gasteiger partial charge on any atom is -0.376 e. The third-order valence-electron chi connectivity index (χ3n) is 4.30. The minimum atomic E-state index is 0.248. The molecule has 0 bridgehead atoms. The number of fused-ring (bicyclic) bond motifs is 1. The minimum absolute atomic E-state index is 0.248. The van der Waals surface area contributed by atoms with E-state index in [1.54, 1.807) is 0 Å². The van der Waals surface area contributed by atoms with Gasteiger partial charge in [-0.3, -0.25) is 4.98 Å². The Hall–Kier alpha value is -1.45. The highest BCUT2D eigenvalue weighted by molar-refractivity contribution is 5.79. The quantitative estimate of drug-likeness (QED) is 0.929. The summed E-state index contributed by atoms with van der Waals surface area (Å²) in [5.74, 6) is 0.597. The van der Waals surface area contributed by atoms with Crippen molar-refractivity contribution in [2.24, 2.45) is 5.92 Å². The van der Waals surface area contributed by atoms with Crippen molar-refractivity contribution in [3.05, 3.63) is 41.6 Å². The van der Waals surface area contributed by atoms with Gasteiger partial charge in [0.1, 0.15) is 0 Å². The van der Waals surface area contributed by atoms with Crippen molar-refractivity contribution in [2.75, 3.05) is 13.7 Å². The van der Waals surface area contributed by atoms with Gasteiger partial charge in [-0.15, -0.1) is 0 Å². The molecule has 1 aromatic heterocycles. The third kappa shape index (κ3) is 2.43. The van der Waals surface area contributed by atoms with Crippen molar-refractivity contribution >= 4 is 10.9 Å². The van der Waals surface area contributed by atoms with Gasteiger partial charge in [0.15, 0.2) is 0 Å². The standard InChI is InChI=1S/C17H22N2O/c1-11-8-9-20-17(11)16(18-3)14-6-7-15-13(10-14)5-4-12(2)19-15/h4-7,10-11,16-18H,8-9H2,1-3H3. The number of ether oxygens (including phenoxy) is 1. The fourth-order valence-corrected chi connectivity index (χ4v) is 3.10. The number of aryl methyl sites for hydroxylation is 1. The highest BCUT2D eigenvalue weighted by Gasteiger charge is 2.32. The molecule has 0 radical (unpaired) electrons. The Morgan fingerprint density at radius 3 is 2.85 bits per heavy atom. The van der Waals surface area contributed by atoms with Gasteiger partial charge in [0, 0.05) is 17.7 Å². The van der Waals surface area contributed by atoms with Crippen LogP contribution < -0.4 is 5.32 Å². The molecule has 106 valence electrons. The van der Waals surface area contributed by atoms with Crippen LogP contribution in [0.5, 0.6) is 0 Å². The van der Waals surface area contributed by atoms with Gasteiger partial charge in [-0.2, -0.15) is 0 Å². The van der Waals surface area contributed by atoms with Crippen LogP contribution in [0.1, 0.15) is 30.6 Å². The molecule has 3 atom stereocenters. The van der Waals surface area contributed by atoms with Crippen LogP contribution in [0.2, 0.25) is 0 Å². The average molecular weight is 270 g/mol. The zero-order valence-corrected chi connectivity index (χ0v) is 12.4. The molecule has 3 heteroatoms. The van der Waals surface area contributed by atoms with Crippen LogP contribution >= 0.6 is 0 Å². The maximum Gasteiger partial charge on any atom is 0.0795 e. The van der Waals surface area contributed by atoms with Crippen LogP contribution in [0.3, 0.4) is 0 Å². The SMILES string of the molecule is CNC(c1ccc2nc(C)ccc2c1)C1OCCC1C. The average Bonchev–Trinajstić information content (AvgIpc) is 2.86. The van der Waals surface area contributed by atoms with Gasteiger partial charge < -0.3 is 10.1 Å². The van der Waals surface area contributed by atoms with Gasteiger partial charge in [-0.1, -0.05) is 19.1 Å². The van der Waals surface area contributed by atoms with E-state index in [4.69, 9.17) is 4.74 Å². The Morgan fingerprint density at radius 1 is 1.30 bits per heavy atom. The highest BCUT2D eigenvalue weighted by Crippen LogP contribution is 2.32. The van der Waals surface area contributed by atoms with Crippen molar-refractivity contribution < 1.29 is 4.74 Å². The lowest BCUT2D eigenvalue weighted by atomic mass is 9.92. The van der Waals surface area contributed by atoms with Crippen LogP contribution in [-0.2, 0) is 4.74 Å². The molecule has 2 heterocycles. The molecule has 0 spiro atoms. The Balaban J connectivity index is 1.97. The van der Waals surface area contributed by atoms with Crippen molar-refractivity contribution in [3.63, 3.8) is 0 Å². The fraction of sp³-hybridized carbons (Fsp3) is 0.471. The monoisotopic (exact) mass is 270 g/mol. The zero-order valence-electron chi connectivity index (χ0n) is 12.4. The summed E-state index contributed by atoms with van der Waals surface area (Å²) in [4.78, 5) is 4.56. The molecule has 1 aromatic carbocycles. The van der Waals surface area contributed by atoms with Gasteiger partial charge >= 0.3 is 0 Å². The molecule has 1 aliphatic heterocycles. The first kappa shape index (κ1) is 13.5. The largest absolute Gasteiger partial charge is 0.376 e. The van der Waals surface area contributed by atoms with Gasteiger partial charge in [-0.25, -0.2) is 0 Å². The Morgan fingerprint density at radius 2 is 2.15 bits per heavy atom. The number of benzene rings is 1. The van der Waals surface area contributed by atoms with Gasteiger partial charge in [0.2, 0.25) is 0 Å². The van der Waals surface area contributed by atoms with Crippen molar-refractivity contribution in [1.82, 2.24) is 10.3 Å². The molecule has 0 saturated carbocycles. The lowest BCUT2D eigenvalue weighted by molar-refractivity contribution is 0.0632. The lowest BCUT2D eigenvalue weighted by Crippen LogP contribution is -2.32. The number of likely N-dealkylation sites (N-methyl/N-ethyl adjacent to an activating group) is 1. The second-order valence-corrected chi connectivity index (χ2v) is 5.77. The second-order valence-electron chi connectivity index (χ2n) is 5.77. The van der Waals surface area contributed by atoms with E-state index >= 15 is 0 Å². The van der Waals surface area contributed by atoms with Gasteiger partial charge in [0.05, 0.1) is 17.7 Å². The molecule has 20 heavy (non-hydrogen) atoms. The Bertz CT molecular complexity index is 611. The molecule has 1 N–H and O–H groups in total.